The molecule has 2 bridgehead atoms. The third-order valence-electron chi connectivity index (χ3n) is 15.9. The maximum Gasteiger partial charge on any atom is 0.160 e. The largest absolute Gasteiger partial charge is 0.296 e. The van der Waals surface area contributed by atoms with Gasteiger partial charge in [0.1, 0.15) is 11.6 Å². The second-order valence-corrected chi connectivity index (χ2v) is 20.3. The van der Waals surface area contributed by atoms with Gasteiger partial charge in [0.15, 0.2) is 11.6 Å². The molecular weight excluding hydrogens is 953 g/mol. The van der Waals surface area contributed by atoms with Gasteiger partial charge in [0.2, 0.25) is 0 Å². The highest BCUT2D eigenvalue weighted by atomic mass is 15.1. The Morgan fingerprint density at radius 1 is 0.308 bits per heavy atom. The Balaban J connectivity index is 0.864. The fourth-order valence-electron chi connectivity index (χ4n) is 12.4. The summed E-state index contributed by atoms with van der Waals surface area (Å²) in [6.45, 7) is 4.33. The molecular formula is C70H50N8. The third-order valence-corrected chi connectivity index (χ3v) is 15.9. The molecule has 3 aliphatic carbocycles. The highest BCUT2D eigenvalue weighted by Crippen LogP contribution is 2.57. The first-order valence-corrected chi connectivity index (χ1v) is 27.0. The summed E-state index contributed by atoms with van der Waals surface area (Å²) in [6, 6.07) is 81.9. The van der Waals surface area contributed by atoms with Gasteiger partial charge in [-0.25, -0.2) is 29.9 Å². The number of rotatable bonds is 10. The molecule has 0 radical (unpaired) electrons. The Morgan fingerprint density at radius 2 is 0.679 bits per heavy atom. The van der Waals surface area contributed by atoms with Crippen molar-refractivity contribution in [3.8, 4) is 79.2 Å². The van der Waals surface area contributed by atoms with Crippen LogP contribution in [0.4, 0.5) is 0 Å². The minimum Gasteiger partial charge on any atom is -0.296 e. The third kappa shape index (κ3) is 7.35. The van der Waals surface area contributed by atoms with Crippen molar-refractivity contribution in [1.29, 1.82) is 0 Å². The summed E-state index contributed by atoms with van der Waals surface area (Å²) >= 11 is 0. The van der Waals surface area contributed by atoms with Crippen molar-refractivity contribution in [2.75, 3.05) is 0 Å². The SMILES string of the molecule is CCc1nc2ccccc2n1-c1ccccc1-c1cc(-c2ccc3c(c2)C2c4ccccc4C3c3cc(-c4cc(-c5ccccc5-n5c(CC)nc6ccccc65)nc(-c5ccccc5)n4)ccc32)nc(-c2ccccc2)n1. The number of hydrogen-bond acceptors (Lipinski definition) is 6. The fraction of sp³-hybridized carbons (Fsp3) is 0.0857. The van der Waals surface area contributed by atoms with E-state index in [1.807, 2.05) is 12.1 Å². The van der Waals surface area contributed by atoms with E-state index in [1.54, 1.807) is 0 Å². The summed E-state index contributed by atoms with van der Waals surface area (Å²) in [4.78, 5) is 31.6. The lowest BCUT2D eigenvalue weighted by Crippen LogP contribution is -2.27. The second-order valence-electron chi connectivity index (χ2n) is 20.3. The van der Waals surface area contributed by atoms with Crippen LogP contribution in [0.25, 0.3) is 101 Å². The topological polar surface area (TPSA) is 87.2 Å². The molecule has 0 spiro atoms. The normalized spacial score (nSPS) is 14.1. The summed E-state index contributed by atoms with van der Waals surface area (Å²) in [7, 11) is 0. The van der Waals surface area contributed by atoms with Gasteiger partial charge in [-0.15, -0.1) is 0 Å². The van der Waals surface area contributed by atoms with E-state index in [4.69, 9.17) is 29.9 Å². The van der Waals surface area contributed by atoms with Gasteiger partial charge in [0, 0.05) is 58.1 Å². The lowest BCUT2D eigenvalue weighted by Gasteiger charge is -2.42. The predicted octanol–water partition coefficient (Wildman–Crippen LogP) is 16.1. The maximum atomic E-state index is 5.37. The number of aromatic nitrogens is 8. The van der Waals surface area contributed by atoms with Gasteiger partial charge in [0.05, 0.1) is 56.2 Å². The van der Waals surface area contributed by atoms with Crippen LogP contribution in [0.2, 0.25) is 0 Å². The smallest absolute Gasteiger partial charge is 0.160 e. The van der Waals surface area contributed by atoms with E-state index >= 15 is 0 Å². The first kappa shape index (κ1) is 45.5. The minimum atomic E-state index is 0.0216. The van der Waals surface area contributed by atoms with Crippen molar-refractivity contribution in [2.24, 2.45) is 0 Å². The molecule has 0 N–H and O–H groups in total. The van der Waals surface area contributed by atoms with E-state index in [0.717, 1.165) is 114 Å². The molecule has 8 heteroatoms. The number of nitrogens with zero attached hydrogens (tertiary/aromatic N) is 8. The number of benzene rings is 9. The van der Waals surface area contributed by atoms with E-state index in [9.17, 15) is 0 Å². The van der Waals surface area contributed by atoms with Crippen molar-refractivity contribution in [2.45, 2.75) is 38.5 Å². The molecule has 2 unspecified atom stereocenters. The Kier molecular flexibility index (Phi) is 10.7. The zero-order valence-corrected chi connectivity index (χ0v) is 43.1. The van der Waals surface area contributed by atoms with Crippen molar-refractivity contribution >= 4 is 22.1 Å². The van der Waals surface area contributed by atoms with Crippen molar-refractivity contribution in [3.05, 3.63) is 276 Å². The molecule has 78 heavy (non-hydrogen) atoms. The predicted molar refractivity (Wildman–Crippen MR) is 313 cm³/mol. The molecule has 8 nitrogen and oxygen atoms in total. The van der Waals surface area contributed by atoms with Crippen LogP contribution < -0.4 is 0 Å². The quantitative estimate of drug-likeness (QED) is 0.136. The van der Waals surface area contributed by atoms with Crippen LogP contribution in [-0.2, 0) is 12.8 Å². The number of para-hydroxylation sites is 6. The molecule has 2 atom stereocenters. The number of imidazole rings is 2. The molecule has 370 valence electrons. The summed E-state index contributed by atoms with van der Waals surface area (Å²) in [5.74, 6) is 3.41. The van der Waals surface area contributed by atoms with E-state index in [0.29, 0.717) is 11.6 Å². The van der Waals surface area contributed by atoms with Crippen LogP contribution in [-0.4, -0.2) is 39.0 Å². The summed E-state index contributed by atoms with van der Waals surface area (Å²) in [5.41, 5.74) is 23.6. The highest BCUT2D eigenvalue weighted by Gasteiger charge is 2.41. The van der Waals surface area contributed by atoms with E-state index in [-0.39, 0.29) is 11.8 Å². The van der Waals surface area contributed by atoms with Gasteiger partial charge in [0.25, 0.3) is 0 Å². The fourth-order valence-corrected chi connectivity index (χ4v) is 12.4. The van der Waals surface area contributed by atoms with Crippen molar-refractivity contribution in [3.63, 3.8) is 0 Å². The van der Waals surface area contributed by atoms with E-state index < -0.39 is 0 Å². The minimum absolute atomic E-state index is 0.0216. The second kappa shape index (κ2) is 18.4. The van der Waals surface area contributed by atoms with Crippen molar-refractivity contribution in [1.82, 2.24) is 39.0 Å². The van der Waals surface area contributed by atoms with Crippen LogP contribution in [0.15, 0.2) is 231 Å². The van der Waals surface area contributed by atoms with Gasteiger partial charge in [-0.05, 0) is 94.0 Å². The lowest BCUT2D eigenvalue weighted by molar-refractivity contribution is 0.755. The van der Waals surface area contributed by atoms with Crippen LogP contribution >= 0.6 is 0 Å². The average molecular weight is 1000 g/mol. The first-order valence-electron chi connectivity index (χ1n) is 27.0. The van der Waals surface area contributed by atoms with Gasteiger partial charge in [-0.1, -0.05) is 184 Å². The van der Waals surface area contributed by atoms with Gasteiger partial charge >= 0.3 is 0 Å². The van der Waals surface area contributed by atoms with Gasteiger partial charge < -0.3 is 0 Å². The summed E-state index contributed by atoms with van der Waals surface area (Å²) in [5, 5.41) is 0. The van der Waals surface area contributed by atoms with Crippen LogP contribution in [0.5, 0.6) is 0 Å². The van der Waals surface area contributed by atoms with E-state index in [2.05, 4.69) is 241 Å². The highest BCUT2D eigenvalue weighted by molar-refractivity contribution is 5.86. The average Bonchev–Trinajstić information content (AvgIpc) is 4.23. The van der Waals surface area contributed by atoms with E-state index in [1.165, 1.54) is 33.4 Å². The monoisotopic (exact) mass is 1000 g/mol. The van der Waals surface area contributed by atoms with Crippen LogP contribution in [0.1, 0.15) is 70.7 Å². The molecule has 0 saturated heterocycles. The Labute approximate surface area is 452 Å². The molecule has 0 aliphatic heterocycles. The number of fused-ring (bicyclic) bond motifs is 2. The summed E-state index contributed by atoms with van der Waals surface area (Å²) < 4.78 is 4.59. The molecule has 13 aromatic rings. The molecule has 0 saturated carbocycles. The van der Waals surface area contributed by atoms with Gasteiger partial charge in [-0.3, -0.25) is 9.13 Å². The van der Waals surface area contributed by atoms with Crippen molar-refractivity contribution < 1.29 is 0 Å². The summed E-state index contributed by atoms with van der Waals surface area (Å²) in [6.07, 6.45) is 1.57. The molecule has 4 aromatic heterocycles. The Hall–Kier alpha value is -9.92. The Bertz CT molecular complexity index is 4210. The van der Waals surface area contributed by atoms with Crippen LogP contribution in [0.3, 0.4) is 0 Å². The maximum absolute atomic E-state index is 5.37. The standard InChI is InChI=1S/C70H50N8/c1-3-65-71-55-29-15-19-33-63(55)77(65)61-31-17-13-27-51(61)59-41-57(73-69(75-59)43-21-7-5-8-22-43)45-35-37-49-53(39-45)67-47-25-11-12-26-48(47)68(49)54-40-46(36-38-50(54)67)58-42-60(76-70(74-58)44-23-9-6-10-24-44)52-28-14-18-32-62(52)78-64-34-20-16-30-56(64)72-66(78)4-2/h5-42,67-68H,3-4H2,1-2H3. The first-order chi connectivity index (χ1) is 38.6. The molecule has 3 aliphatic rings. The van der Waals surface area contributed by atoms with Gasteiger partial charge in [-0.2, -0.15) is 0 Å². The lowest BCUT2D eigenvalue weighted by atomic mass is 9.60. The molecule has 9 aromatic carbocycles. The zero-order valence-electron chi connectivity index (χ0n) is 43.1. The number of aryl methyl sites for hydroxylation is 2. The number of hydrogen-bond donors (Lipinski definition) is 0. The molecule has 0 amide bonds. The Morgan fingerprint density at radius 3 is 1.13 bits per heavy atom. The molecule has 4 heterocycles. The van der Waals surface area contributed by atoms with Crippen LogP contribution in [0, 0.1) is 0 Å². The zero-order chi connectivity index (χ0) is 51.8. The molecule has 16 rings (SSSR count). The molecule has 0 fully saturated rings.